The van der Waals surface area contributed by atoms with Gasteiger partial charge in [0.1, 0.15) is 38.8 Å². The molecule has 0 unspecified atom stereocenters. The summed E-state index contributed by atoms with van der Waals surface area (Å²) in [7, 11) is 0. The van der Waals surface area contributed by atoms with E-state index in [-0.39, 0.29) is 12.2 Å². The molecule has 0 aliphatic carbocycles. The molecule has 1 heterocycles. The second kappa shape index (κ2) is 9.13. The van der Waals surface area contributed by atoms with Gasteiger partial charge in [0, 0.05) is 16.1 Å². The van der Waals surface area contributed by atoms with Crippen LogP contribution >= 0.6 is 11.6 Å². The van der Waals surface area contributed by atoms with Crippen LogP contribution in [0.15, 0.2) is 54.6 Å². The number of carboxylic acid groups (broad SMARTS) is 1. The zero-order chi connectivity index (χ0) is 19.2. The largest absolute Gasteiger partial charge is 0.544 e. The lowest BCUT2D eigenvalue weighted by atomic mass is 10.0. The van der Waals surface area contributed by atoms with Crippen LogP contribution in [0.3, 0.4) is 0 Å². The van der Waals surface area contributed by atoms with Gasteiger partial charge in [0.05, 0.1) is 12.4 Å². The number of hydrogen-bond donors (Lipinski definition) is 2. The van der Waals surface area contributed by atoms with Gasteiger partial charge in [-0.2, -0.15) is 0 Å². The van der Waals surface area contributed by atoms with Crippen LogP contribution in [0.1, 0.15) is 22.3 Å². The molecule has 142 valence electrons. The van der Waals surface area contributed by atoms with Crippen molar-refractivity contribution < 1.29 is 24.5 Å². The highest BCUT2D eigenvalue weighted by Crippen LogP contribution is 2.11. The van der Waals surface area contributed by atoms with Crippen molar-refractivity contribution in [3.05, 3.63) is 70.7 Å². The Labute approximate surface area is 164 Å². The van der Waals surface area contributed by atoms with Crippen LogP contribution in [0.25, 0.3) is 0 Å². The lowest BCUT2D eigenvalue weighted by molar-refractivity contribution is -1.03. The molecule has 0 amide bonds. The Morgan fingerprint density at radius 1 is 0.963 bits per heavy atom. The summed E-state index contributed by atoms with van der Waals surface area (Å²) in [6.45, 7) is 4.13. The third-order valence-corrected chi connectivity index (χ3v) is 5.48. The van der Waals surface area contributed by atoms with E-state index in [1.807, 2.05) is 18.2 Å². The van der Waals surface area contributed by atoms with Gasteiger partial charge in [-0.25, -0.2) is 0 Å². The van der Waals surface area contributed by atoms with Gasteiger partial charge in [-0.05, 0) is 24.3 Å². The first-order valence-corrected chi connectivity index (χ1v) is 9.62. The normalized spacial score (nSPS) is 20.8. The lowest BCUT2D eigenvalue weighted by Gasteiger charge is -2.34. The van der Waals surface area contributed by atoms with Crippen LogP contribution in [0.4, 0.5) is 0 Å². The minimum absolute atomic E-state index is 0.0483. The van der Waals surface area contributed by atoms with E-state index >= 15 is 0 Å². The molecule has 2 aromatic carbocycles. The highest BCUT2D eigenvalue weighted by atomic mass is 35.5. The Kier molecular flexibility index (Phi) is 6.61. The van der Waals surface area contributed by atoms with Gasteiger partial charge in [0.15, 0.2) is 5.78 Å². The minimum atomic E-state index is -1.15. The summed E-state index contributed by atoms with van der Waals surface area (Å²) < 4.78 is 0. The van der Waals surface area contributed by atoms with Gasteiger partial charge in [-0.15, -0.1) is 0 Å². The lowest BCUT2D eigenvalue weighted by Crippen LogP contribution is -3.29. The van der Waals surface area contributed by atoms with Gasteiger partial charge >= 0.3 is 0 Å². The molecule has 0 aromatic heterocycles. The Hall–Kier alpha value is -2.21. The molecule has 2 aromatic rings. The van der Waals surface area contributed by atoms with Gasteiger partial charge in [-0.3, -0.25) is 4.79 Å². The summed E-state index contributed by atoms with van der Waals surface area (Å²) in [5.74, 6) is -1.34. The molecule has 0 bridgehead atoms. The number of carbonyl (C=O) groups excluding carboxylic acids is 2. The first-order valence-electron chi connectivity index (χ1n) is 9.24. The van der Waals surface area contributed by atoms with Crippen molar-refractivity contribution in [3.8, 4) is 0 Å². The summed E-state index contributed by atoms with van der Waals surface area (Å²) in [4.78, 5) is 26.5. The van der Waals surface area contributed by atoms with E-state index in [0.29, 0.717) is 23.7 Å². The van der Waals surface area contributed by atoms with E-state index < -0.39 is 12.0 Å². The number of hydrogen-bond acceptors (Lipinski definition) is 3. The number of carbonyl (C=O) groups is 2. The molecule has 0 spiro atoms. The number of halogens is 1. The van der Waals surface area contributed by atoms with E-state index in [4.69, 9.17) is 11.6 Å². The molecule has 6 heteroatoms. The summed E-state index contributed by atoms with van der Waals surface area (Å²) >= 11 is 5.84. The van der Waals surface area contributed by atoms with Crippen LogP contribution in [0.2, 0.25) is 5.02 Å². The molecule has 27 heavy (non-hydrogen) atoms. The maximum Gasteiger partial charge on any atom is 0.169 e. The number of benzene rings is 2. The van der Waals surface area contributed by atoms with E-state index in [1.165, 1.54) is 10.5 Å². The second-order valence-corrected chi connectivity index (χ2v) is 7.51. The molecule has 1 saturated heterocycles. The van der Waals surface area contributed by atoms with Crippen molar-refractivity contribution in [2.24, 2.45) is 0 Å². The predicted octanol–water partition coefficient (Wildman–Crippen LogP) is -0.985. The van der Waals surface area contributed by atoms with Crippen LogP contribution in [0.5, 0.6) is 0 Å². The Bertz CT molecular complexity index is 772. The quantitative estimate of drug-likeness (QED) is 0.600. The van der Waals surface area contributed by atoms with Gasteiger partial charge in [0.25, 0.3) is 0 Å². The summed E-state index contributed by atoms with van der Waals surface area (Å²) in [5, 5.41) is 12.2. The molecular weight excluding hydrogens is 364 g/mol. The molecule has 5 nitrogen and oxygen atoms in total. The molecule has 0 saturated carbocycles. The molecule has 0 radical (unpaired) electrons. The number of rotatable bonds is 7. The summed E-state index contributed by atoms with van der Waals surface area (Å²) in [6, 6.07) is 16.0. The SMILES string of the molecule is O=C(C[C@@H](C(=O)[O-])[NH+]1CC[NH+](Cc2ccccc2)CC1)c1ccc(Cl)cc1. The standard InChI is InChI=1S/C21H23ClN2O3/c22-18-8-6-17(7-9-18)20(25)14-19(21(26)27)24-12-10-23(11-13-24)15-16-4-2-1-3-5-16/h1-9,19H,10-15H2,(H,26,27)/p+1/t19-/m0/s1. The van der Waals surface area contributed by atoms with Crippen molar-refractivity contribution in [2.75, 3.05) is 26.2 Å². The topological polar surface area (TPSA) is 66.1 Å². The molecule has 1 aliphatic rings. The smallest absolute Gasteiger partial charge is 0.169 e. The van der Waals surface area contributed by atoms with E-state index in [2.05, 4.69) is 12.1 Å². The van der Waals surface area contributed by atoms with Gasteiger partial charge in [0.2, 0.25) is 0 Å². The van der Waals surface area contributed by atoms with E-state index in [9.17, 15) is 14.7 Å². The average Bonchev–Trinajstić information content (AvgIpc) is 2.68. The Balaban J connectivity index is 1.57. The van der Waals surface area contributed by atoms with Crippen molar-refractivity contribution in [1.29, 1.82) is 0 Å². The maximum atomic E-state index is 12.5. The fourth-order valence-electron chi connectivity index (χ4n) is 3.67. The number of quaternary nitrogens is 2. The zero-order valence-electron chi connectivity index (χ0n) is 15.1. The molecule has 2 N–H and O–H groups in total. The number of aliphatic carboxylic acids is 1. The van der Waals surface area contributed by atoms with E-state index in [1.54, 1.807) is 24.3 Å². The fraction of sp³-hybridized carbons (Fsp3) is 0.333. The number of ketones is 1. The predicted molar refractivity (Wildman–Crippen MR) is 101 cm³/mol. The van der Waals surface area contributed by atoms with Gasteiger partial charge in [-0.1, -0.05) is 41.9 Å². The third kappa shape index (κ3) is 5.39. The van der Waals surface area contributed by atoms with Crippen LogP contribution in [-0.2, 0) is 11.3 Å². The Morgan fingerprint density at radius 3 is 2.19 bits per heavy atom. The maximum absolute atomic E-state index is 12.5. The van der Waals surface area contributed by atoms with Crippen molar-refractivity contribution in [2.45, 2.75) is 19.0 Å². The number of carboxylic acids is 1. The molecule has 1 aliphatic heterocycles. The van der Waals surface area contributed by atoms with Crippen molar-refractivity contribution in [1.82, 2.24) is 0 Å². The first-order chi connectivity index (χ1) is 13.0. The number of nitrogens with one attached hydrogen (secondary N) is 2. The number of piperazine rings is 1. The number of Topliss-reactive ketones (excluding diaryl/α,β-unsaturated/α-hetero) is 1. The van der Waals surface area contributed by atoms with Crippen LogP contribution in [-0.4, -0.2) is 44.0 Å². The summed E-state index contributed by atoms with van der Waals surface area (Å²) in [6.07, 6.45) is -0.0483. The van der Waals surface area contributed by atoms with Crippen molar-refractivity contribution >= 4 is 23.4 Å². The monoisotopic (exact) mass is 387 g/mol. The minimum Gasteiger partial charge on any atom is -0.544 e. The second-order valence-electron chi connectivity index (χ2n) is 7.08. The van der Waals surface area contributed by atoms with Crippen LogP contribution < -0.4 is 14.9 Å². The molecule has 3 rings (SSSR count). The van der Waals surface area contributed by atoms with Crippen LogP contribution in [0, 0.1) is 0 Å². The van der Waals surface area contributed by atoms with Gasteiger partial charge < -0.3 is 19.7 Å². The highest BCUT2D eigenvalue weighted by molar-refractivity contribution is 6.30. The van der Waals surface area contributed by atoms with Crippen molar-refractivity contribution in [3.63, 3.8) is 0 Å². The molecule has 1 atom stereocenters. The zero-order valence-corrected chi connectivity index (χ0v) is 15.9. The molecular formula is C21H24ClN2O3+. The Morgan fingerprint density at radius 2 is 1.59 bits per heavy atom. The highest BCUT2D eigenvalue weighted by Gasteiger charge is 2.32. The van der Waals surface area contributed by atoms with E-state index in [0.717, 1.165) is 24.5 Å². The summed E-state index contributed by atoms with van der Waals surface area (Å²) in [5.41, 5.74) is 1.77. The average molecular weight is 388 g/mol. The first kappa shape index (κ1) is 19.5. The fourth-order valence-corrected chi connectivity index (χ4v) is 3.79. The molecule has 1 fully saturated rings. The third-order valence-electron chi connectivity index (χ3n) is 5.23.